The zero-order valence-electron chi connectivity index (χ0n) is 11.4. The van der Waals surface area contributed by atoms with Gasteiger partial charge in [0.1, 0.15) is 0 Å². The third kappa shape index (κ3) is 6.12. The van der Waals surface area contributed by atoms with Crippen LogP contribution >= 0.6 is 0 Å². The van der Waals surface area contributed by atoms with Gasteiger partial charge in [0.2, 0.25) is 0 Å². The molecule has 0 atom stereocenters. The summed E-state index contributed by atoms with van der Waals surface area (Å²) in [5.41, 5.74) is 0. The van der Waals surface area contributed by atoms with Crippen molar-refractivity contribution >= 4 is 10.8 Å². The van der Waals surface area contributed by atoms with E-state index in [0.29, 0.717) is 0 Å². The van der Waals surface area contributed by atoms with Crippen molar-refractivity contribution in [2.45, 2.75) is 41.5 Å². The quantitative estimate of drug-likeness (QED) is 0.642. The molecule has 0 aliphatic carbocycles. The Morgan fingerprint density at radius 3 is 1.25 bits per heavy atom. The number of rotatable bonds is 0. The molecule has 0 fully saturated rings. The van der Waals surface area contributed by atoms with Crippen LogP contribution in [0.5, 0.6) is 0 Å². The summed E-state index contributed by atoms with van der Waals surface area (Å²) in [5, 5.41) is 9.80. The summed E-state index contributed by atoms with van der Waals surface area (Å²) in [6.07, 6.45) is 3.52. The van der Waals surface area contributed by atoms with Crippen molar-refractivity contribution in [1.82, 2.24) is 10.2 Å². The highest BCUT2D eigenvalue weighted by molar-refractivity contribution is 5.80. The van der Waals surface area contributed by atoms with Crippen LogP contribution in [0.15, 0.2) is 36.7 Å². The van der Waals surface area contributed by atoms with Crippen LogP contribution in [0.2, 0.25) is 0 Å². The molecule has 0 N–H and O–H groups in total. The van der Waals surface area contributed by atoms with Crippen LogP contribution in [0.1, 0.15) is 41.5 Å². The molecule has 0 aliphatic heterocycles. The fourth-order valence-electron chi connectivity index (χ4n) is 0.937. The standard InChI is InChI=1S/C8H6N2.3C2H6/c1-2-4-8-6-10-9-5-7(8)3-1;3*1-2/h1-6H;3*1-2H3. The number of nitrogens with zero attached hydrogens (tertiary/aromatic N) is 2. The van der Waals surface area contributed by atoms with E-state index < -0.39 is 0 Å². The van der Waals surface area contributed by atoms with Gasteiger partial charge in [0.15, 0.2) is 0 Å². The average molecular weight is 220 g/mol. The number of hydrogen-bond donors (Lipinski definition) is 0. The second-order valence-corrected chi connectivity index (χ2v) is 2.12. The largest absolute Gasteiger partial charge is 0.158 e. The van der Waals surface area contributed by atoms with E-state index in [1.807, 2.05) is 65.8 Å². The molecule has 1 aromatic carbocycles. The average Bonchev–Trinajstić information content (AvgIpc) is 2.45. The van der Waals surface area contributed by atoms with Crippen LogP contribution in [0, 0.1) is 0 Å². The van der Waals surface area contributed by atoms with Crippen molar-refractivity contribution in [3.63, 3.8) is 0 Å². The van der Waals surface area contributed by atoms with E-state index in [4.69, 9.17) is 0 Å². The van der Waals surface area contributed by atoms with Gasteiger partial charge in [-0.05, 0) is 0 Å². The molecule has 2 nitrogen and oxygen atoms in total. The Hall–Kier alpha value is -1.44. The Bertz CT molecular complexity index is 280. The summed E-state index contributed by atoms with van der Waals surface area (Å²) in [6, 6.07) is 8.02. The van der Waals surface area contributed by atoms with E-state index in [-0.39, 0.29) is 0 Å². The van der Waals surface area contributed by atoms with Crippen LogP contribution in [-0.2, 0) is 0 Å². The maximum absolute atomic E-state index is 3.76. The molecule has 0 radical (unpaired) electrons. The van der Waals surface area contributed by atoms with Crippen molar-refractivity contribution in [2.75, 3.05) is 0 Å². The third-order valence-corrected chi connectivity index (χ3v) is 1.46. The molecular formula is C14H24N2. The first kappa shape index (κ1) is 17.0. The number of fused-ring (bicyclic) bond motifs is 1. The summed E-state index contributed by atoms with van der Waals surface area (Å²) in [4.78, 5) is 0. The highest BCUT2D eigenvalue weighted by Gasteiger charge is 1.87. The van der Waals surface area contributed by atoms with Gasteiger partial charge in [0.05, 0.1) is 12.4 Å². The van der Waals surface area contributed by atoms with Crippen LogP contribution < -0.4 is 0 Å². The summed E-state index contributed by atoms with van der Waals surface area (Å²) < 4.78 is 0. The second-order valence-electron chi connectivity index (χ2n) is 2.12. The van der Waals surface area contributed by atoms with E-state index in [9.17, 15) is 0 Å². The van der Waals surface area contributed by atoms with Gasteiger partial charge in [0.25, 0.3) is 0 Å². The highest BCUT2D eigenvalue weighted by Crippen LogP contribution is 2.08. The molecule has 0 saturated heterocycles. The molecule has 1 aromatic heterocycles. The molecule has 2 rings (SSSR count). The molecule has 90 valence electrons. The normalized spacial score (nSPS) is 7.38. The lowest BCUT2D eigenvalue weighted by Crippen LogP contribution is -1.77. The molecule has 2 heteroatoms. The zero-order valence-corrected chi connectivity index (χ0v) is 11.4. The third-order valence-electron chi connectivity index (χ3n) is 1.46. The lowest BCUT2D eigenvalue weighted by molar-refractivity contribution is 1.05. The van der Waals surface area contributed by atoms with Gasteiger partial charge in [-0.15, -0.1) is 0 Å². The van der Waals surface area contributed by atoms with Crippen LogP contribution in [-0.4, -0.2) is 10.2 Å². The van der Waals surface area contributed by atoms with Gasteiger partial charge in [-0.25, -0.2) is 0 Å². The minimum Gasteiger partial charge on any atom is -0.158 e. The maximum Gasteiger partial charge on any atom is 0.0574 e. The Balaban J connectivity index is 0. The fourth-order valence-corrected chi connectivity index (χ4v) is 0.937. The Labute approximate surface area is 99.7 Å². The predicted octanol–water partition coefficient (Wildman–Crippen LogP) is 4.71. The Kier molecular flexibility index (Phi) is 14.4. The summed E-state index contributed by atoms with van der Waals surface area (Å²) in [6.45, 7) is 12.0. The van der Waals surface area contributed by atoms with Gasteiger partial charge in [-0.3, -0.25) is 0 Å². The Morgan fingerprint density at radius 2 is 0.938 bits per heavy atom. The molecule has 1 heterocycles. The van der Waals surface area contributed by atoms with E-state index >= 15 is 0 Å². The number of hydrogen-bond acceptors (Lipinski definition) is 2. The molecule has 0 amide bonds. The summed E-state index contributed by atoms with van der Waals surface area (Å²) in [7, 11) is 0. The zero-order chi connectivity index (χ0) is 12.8. The van der Waals surface area contributed by atoms with Crippen LogP contribution in [0.4, 0.5) is 0 Å². The monoisotopic (exact) mass is 220 g/mol. The van der Waals surface area contributed by atoms with Crippen molar-refractivity contribution in [3.05, 3.63) is 36.7 Å². The predicted molar refractivity (Wildman–Crippen MR) is 73.6 cm³/mol. The van der Waals surface area contributed by atoms with Crippen molar-refractivity contribution < 1.29 is 0 Å². The minimum atomic E-state index is 1.14. The molecule has 0 saturated carbocycles. The lowest BCUT2D eigenvalue weighted by Gasteiger charge is -1.90. The van der Waals surface area contributed by atoms with E-state index in [1.165, 1.54) is 0 Å². The number of aromatic nitrogens is 2. The van der Waals surface area contributed by atoms with Crippen LogP contribution in [0.25, 0.3) is 10.8 Å². The molecule has 0 bridgehead atoms. The summed E-state index contributed by atoms with van der Waals surface area (Å²) >= 11 is 0. The van der Waals surface area contributed by atoms with Gasteiger partial charge in [0, 0.05) is 10.8 Å². The van der Waals surface area contributed by atoms with Crippen molar-refractivity contribution in [2.24, 2.45) is 0 Å². The molecular weight excluding hydrogens is 196 g/mol. The van der Waals surface area contributed by atoms with Gasteiger partial charge in [-0.2, -0.15) is 10.2 Å². The topological polar surface area (TPSA) is 25.8 Å². The second kappa shape index (κ2) is 13.6. The van der Waals surface area contributed by atoms with Crippen molar-refractivity contribution in [1.29, 1.82) is 0 Å². The van der Waals surface area contributed by atoms with E-state index in [0.717, 1.165) is 10.8 Å². The summed E-state index contributed by atoms with van der Waals surface area (Å²) in [5.74, 6) is 0. The lowest BCUT2D eigenvalue weighted by atomic mass is 10.2. The SMILES string of the molecule is CC.CC.CC.c1ccc2cnncc2c1. The van der Waals surface area contributed by atoms with Gasteiger partial charge < -0.3 is 0 Å². The molecule has 0 aliphatic rings. The molecule has 16 heavy (non-hydrogen) atoms. The molecule has 0 spiro atoms. The fraction of sp³-hybridized carbons (Fsp3) is 0.429. The smallest absolute Gasteiger partial charge is 0.0574 e. The van der Waals surface area contributed by atoms with E-state index in [1.54, 1.807) is 12.4 Å². The first-order chi connectivity index (χ1) is 7.97. The first-order valence-corrected chi connectivity index (χ1v) is 6.12. The minimum absolute atomic E-state index is 1.14. The Morgan fingerprint density at radius 1 is 0.625 bits per heavy atom. The van der Waals surface area contributed by atoms with Gasteiger partial charge in [-0.1, -0.05) is 65.8 Å². The van der Waals surface area contributed by atoms with Crippen molar-refractivity contribution in [3.8, 4) is 0 Å². The molecule has 0 unspecified atom stereocenters. The molecule has 2 aromatic rings. The van der Waals surface area contributed by atoms with Crippen LogP contribution in [0.3, 0.4) is 0 Å². The number of benzene rings is 1. The van der Waals surface area contributed by atoms with Gasteiger partial charge >= 0.3 is 0 Å². The van der Waals surface area contributed by atoms with E-state index in [2.05, 4.69) is 10.2 Å². The first-order valence-electron chi connectivity index (χ1n) is 6.12. The maximum atomic E-state index is 3.76. The highest BCUT2D eigenvalue weighted by atomic mass is 15.1.